The Balaban J connectivity index is 2.47. The van der Waals surface area contributed by atoms with Crippen molar-refractivity contribution in [2.24, 2.45) is 5.73 Å². The standard InChI is InChI=1S/C11H14N4/c1-8-11(9-3-2-6-13-7-9)10(4-5-12)15-14-8/h2-3,6-7H,4-5,12H2,1H3,(H,14,15). The number of nitrogens with one attached hydrogen (secondary N) is 1. The van der Waals surface area contributed by atoms with Crippen LogP contribution < -0.4 is 5.73 Å². The number of aryl methyl sites for hydroxylation is 1. The summed E-state index contributed by atoms with van der Waals surface area (Å²) < 4.78 is 0. The lowest BCUT2D eigenvalue weighted by atomic mass is 10.0. The first-order valence-corrected chi connectivity index (χ1v) is 4.97. The molecule has 0 aliphatic rings. The van der Waals surface area contributed by atoms with Crippen molar-refractivity contribution in [1.82, 2.24) is 15.2 Å². The zero-order chi connectivity index (χ0) is 10.7. The largest absolute Gasteiger partial charge is 0.330 e. The van der Waals surface area contributed by atoms with Gasteiger partial charge in [-0.25, -0.2) is 0 Å². The van der Waals surface area contributed by atoms with Crippen LogP contribution in [0.4, 0.5) is 0 Å². The molecule has 0 radical (unpaired) electrons. The summed E-state index contributed by atoms with van der Waals surface area (Å²) in [6.45, 7) is 2.62. The van der Waals surface area contributed by atoms with E-state index in [9.17, 15) is 0 Å². The molecule has 15 heavy (non-hydrogen) atoms. The average Bonchev–Trinajstić information content (AvgIpc) is 2.62. The van der Waals surface area contributed by atoms with Gasteiger partial charge in [-0.3, -0.25) is 10.1 Å². The molecule has 4 nitrogen and oxygen atoms in total. The molecule has 0 unspecified atom stereocenters. The van der Waals surface area contributed by atoms with Gasteiger partial charge in [-0.2, -0.15) is 5.10 Å². The Kier molecular flexibility index (Phi) is 2.78. The molecule has 0 amide bonds. The van der Waals surface area contributed by atoms with Gasteiger partial charge in [-0.05, 0) is 19.5 Å². The van der Waals surface area contributed by atoms with Crippen molar-refractivity contribution in [3.63, 3.8) is 0 Å². The third-order valence-corrected chi connectivity index (χ3v) is 2.35. The van der Waals surface area contributed by atoms with Gasteiger partial charge in [0.1, 0.15) is 0 Å². The van der Waals surface area contributed by atoms with Crippen LogP contribution in [-0.4, -0.2) is 21.7 Å². The van der Waals surface area contributed by atoms with E-state index < -0.39 is 0 Å². The highest BCUT2D eigenvalue weighted by Gasteiger charge is 2.11. The summed E-state index contributed by atoms with van der Waals surface area (Å²) in [5.41, 5.74) is 9.85. The number of hydrogen-bond donors (Lipinski definition) is 2. The molecule has 0 aromatic carbocycles. The van der Waals surface area contributed by atoms with Crippen molar-refractivity contribution >= 4 is 0 Å². The van der Waals surface area contributed by atoms with E-state index >= 15 is 0 Å². The number of nitrogens with zero attached hydrogens (tertiary/aromatic N) is 2. The lowest BCUT2D eigenvalue weighted by molar-refractivity contribution is 0.899. The van der Waals surface area contributed by atoms with Crippen molar-refractivity contribution < 1.29 is 0 Å². The maximum Gasteiger partial charge on any atom is 0.0716 e. The lowest BCUT2D eigenvalue weighted by Gasteiger charge is -2.02. The summed E-state index contributed by atoms with van der Waals surface area (Å²) in [7, 11) is 0. The first-order valence-electron chi connectivity index (χ1n) is 4.97. The van der Waals surface area contributed by atoms with Crippen molar-refractivity contribution in [1.29, 1.82) is 0 Å². The summed E-state index contributed by atoms with van der Waals surface area (Å²) in [5.74, 6) is 0. The van der Waals surface area contributed by atoms with Gasteiger partial charge < -0.3 is 5.73 Å². The predicted molar refractivity (Wildman–Crippen MR) is 59.3 cm³/mol. The fourth-order valence-electron chi connectivity index (χ4n) is 1.69. The van der Waals surface area contributed by atoms with E-state index in [4.69, 9.17) is 5.73 Å². The van der Waals surface area contributed by atoms with Crippen molar-refractivity contribution in [3.05, 3.63) is 35.9 Å². The Morgan fingerprint density at radius 2 is 2.33 bits per heavy atom. The second-order valence-corrected chi connectivity index (χ2v) is 3.45. The summed E-state index contributed by atoms with van der Waals surface area (Å²) >= 11 is 0. The molecule has 0 fully saturated rings. The molecule has 0 aliphatic carbocycles. The molecule has 78 valence electrons. The van der Waals surface area contributed by atoms with Crippen LogP contribution in [0.15, 0.2) is 24.5 Å². The first kappa shape index (κ1) is 9.86. The number of hydrogen-bond acceptors (Lipinski definition) is 3. The van der Waals surface area contributed by atoms with Gasteiger partial charge in [-0.15, -0.1) is 0 Å². The third-order valence-electron chi connectivity index (χ3n) is 2.35. The van der Waals surface area contributed by atoms with Crippen molar-refractivity contribution in [3.8, 4) is 11.1 Å². The molecule has 0 saturated heterocycles. The summed E-state index contributed by atoms with van der Waals surface area (Å²) in [4.78, 5) is 4.11. The van der Waals surface area contributed by atoms with E-state index in [1.807, 2.05) is 25.3 Å². The molecule has 0 atom stereocenters. The predicted octanol–water partition coefficient (Wildman–Crippen LogP) is 1.28. The zero-order valence-electron chi connectivity index (χ0n) is 8.70. The van der Waals surface area contributed by atoms with Gasteiger partial charge in [-0.1, -0.05) is 6.07 Å². The van der Waals surface area contributed by atoms with E-state index in [1.165, 1.54) is 0 Å². The molecule has 0 saturated carbocycles. The Morgan fingerprint density at radius 1 is 1.47 bits per heavy atom. The normalized spacial score (nSPS) is 10.5. The number of nitrogens with two attached hydrogens (primary N) is 1. The molecule has 0 spiro atoms. The SMILES string of the molecule is Cc1[nH]nc(CCN)c1-c1cccnc1. The topological polar surface area (TPSA) is 67.6 Å². The molecule has 2 heterocycles. The van der Waals surface area contributed by atoms with Crippen LogP contribution in [0.5, 0.6) is 0 Å². The fraction of sp³-hybridized carbons (Fsp3) is 0.273. The van der Waals surface area contributed by atoms with Crippen LogP contribution in [0.2, 0.25) is 0 Å². The second-order valence-electron chi connectivity index (χ2n) is 3.45. The molecule has 2 aromatic heterocycles. The van der Waals surface area contributed by atoms with Crippen LogP contribution in [-0.2, 0) is 6.42 Å². The third kappa shape index (κ3) is 1.89. The average molecular weight is 202 g/mol. The van der Waals surface area contributed by atoms with Gasteiger partial charge in [0.2, 0.25) is 0 Å². The van der Waals surface area contributed by atoms with Gasteiger partial charge in [0, 0.05) is 35.6 Å². The quantitative estimate of drug-likeness (QED) is 0.787. The van der Waals surface area contributed by atoms with Crippen LogP contribution in [0.3, 0.4) is 0 Å². The highest BCUT2D eigenvalue weighted by molar-refractivity contribution is 5.67. The van der Waals surface area contributed by atoms with Gasteiger partial charge in [0.25, 0.3) is 0 Å². The van der Waals surface area contributed by atoms with Gasteiger partial charge >= 0.3 is 0 Å². The highest BCUT2D eigenvalue weighted by atomic mass is 15.1. The first-order chi connectivity index (χ1) is 7.33. The molecule has 0 bridgehead atoms. The zero-order valence-corrected chi connectivity index (χ0v) is 8.70. The minimum absolute atomic E-state index is 0.609. The maximum atomic E-state index is 5.55. The van der Waals surface area contributed by atoms with E-state index in [2.05, 4.69) is 15.2 Å². The van der Waals surface area contributed by atoms with Crippen molar-refractivity contribution in [2.45, 2.75) is 13.3 Å². The van der Waals surface area contributed by atoms with E-state index in [0.29, 0.717) is 6.54 Å². The summed E-state index contributed by atoms with van der Waals surface area (Å²) in [5, 5.41) is 7.24. The molecular weight excluding hydrogens is 188 g/mol. The highest BCUT2D eigenvalue weighted by Crippen LogP contribution is 2.24. The van der Waals surface area contributed by atoms with Crippen molar-refractivity contribution in [2.75, 3.05) is 6.54 Å². The second kappa shape index (κ2) is 4.23. The minimum Gasteiger partial charge on any atom is -0.330 e. The molecule has 4 heteroatoms. The van der Waals surface area contributed by atoms with Crippen LogP contribution in [0.25, 0.3) is 11.1 Å². The Labute approximate surface area is 88.5 Å². The van der Waals surface area contributed by atoms with Gasteiger partial charge in [0.15, 0.2) is 0 Å². The number of pyridine rings is 1. The smallest absolute Gasteiger partial charge is 0.0716 e. The molecule has 2 rings (SSSR count). The minimum atomic E-state index is 0.609. The molecule has 2 aromatic rings. The Bertz CT molecular complexity index is 433. The number of aromatic amines is 1. The molecule has 0 aliphatic heterocycles. The van der Waals surface area contributed by atoms with E-state index in [1.54, 1.807) is 6.20 Å². The Morgan fingerprint density at radius 3 is 3.00 bits per heavy atom. The Hall–Kier alpha value is -1.68. The fourth-order valence-corrected chi connectivity index (χ4v) is 1.69. The molecular formula is C11H14N4. The van der Waals surface area contributed by atoms with Crippen LogP contribution in [0.1, 0.15) is 11.4 Å². The van der Waals surface area contributed by atoms with Gasteiger partial charge in [0.05, 0.1) is 5.69 Å². The summed E-state index contributed by atoms with van der Waals surface area (Å²) in [6, 6.07) is 3.96. The van der Waals surface area contributed by atoms with E-state index in [-0.39, 0.29) is 0 Å². The monoisotopic (exact) mass is 202 g/mol. The van der Waals surface area contributed by atoms with Crippen LogP contribution >= 0.6 is 0 Å². The number of aromatic nitrogens is 3. The number of H-pyrrole nitrogens is 1. The van der Waals surface area contributed by atoms with Crippen LogP contribution in [0, 0.1) is 6.92 Å². The molecule has 3 N–H and O–H groups in total. The number of rotatable bonds is 3. The lowest BCUT2D eigenvalue weighted by Crippen LogP contribution is -2.04. The summed E-state index contributed by atoms with van der Waals surface area (Å²) in [6.07, 6.45) is 4.40. The van der Waals surface area contributed by atoms with E-state index in [0.717, 1.165) is 28.9 Å². The maximum absolute atomic E-state index is 5.55.